The standard InChI is InChI=1S/C42H54N2O4S2/c1-29(2)43(30(3)4)25-23-35(39-19-13-27-49-39)33-15-9-11-17-37(33)47-41(45)21-22-42(46)48-38-18-12-10-16-34(38)36(40-20-14-28-50-40)24-26-44(31(5)6)32(7)8/h9-22,27-32,35-36H,23-26H2,1-8H3/b22-21+. The van der Waals surface area contributed by atoms with Crippen molar-refractivity contribution in [2.45, 2.75) is 104 Å². The van der Waals surface area contributed by atoms with Gasteiger partial charge in [0, 0.05) is 69.0 Å². The van der Waals surface area contributed by atoms with Crippen LogP contribution in [-0.2, 0) is 9.59 Å². The lowest BCUT2D eigenvalue weighted by Gasteiger charge is -2.32. The molecule has 4 aromatic rings. The van der Waals surface area contributed by atoms with Gasteiger partial charge in [-0.3, -0.25) is 9.80 Å². The fourth-order valence-corrected chi connectivity index (χ4v) is 8.57. The first kappa shape index (κ1) is 39.2. The molecule has 2 heterocycles. The number of thiophene rings is 2. The highest BCUT2D eigenvalue weighted by Crippen LogP contribution is 2.38. The fraction of sp³-hybridized carbons (Fsp3) is 0.429. The summed E-state index contributed by atoms with van der Waals surface area (Å²) < 4.78 is 11.8. The lowest BCUT2D eigenvalue weighted by Crippen LogP contribution is -2.38. The molecule has 0 fully saturated rings. The Morgan fingerprint density at radius 3 is 1.24 bits per heavy atom. The summed E-state index contributed by atoms with van der Waals surface area (Å²) in [7, 11) is 0. The van der Waals surface area contributed by atoms with Gasteiger partial charge in [-0.15, -0.1) is 22.7 Å². The minimum absolute atomic E-state index is 0.0638. The van der Waals surface area contributed by atoms with E-state index in [1.54, 1.807) is 22.7 Å². The largest absolute Gasteiger partial charge is 0.423 e. The Labute approximate surface area is 307 Å². The summed E-state index contributed by atoms with van der Waals surface area (Å²) >= 11 is 3.42. The number of esters is 2. The van der Waals surface area contributed by atoms with E-state index < -0.39 is 11.9 Å². The van der Waals surface area contributed by atoms with Gasteiger partial charge in [0.15, 0.2) is 0 Å². The molecule has 0 amide bonds. The molecule has 0 saturated carbocycles. The average Bonchev–Trinajstić information content (AvgIpc) is 3.80. The molecule has 50 heavy (non-hydrogen) atoms. The van der Waals surface area contributed by atoms with E-state index in [1.807, 2.05) is 48.5 Å². The van der Waals surface area contributed by atoms with Crippen LogP contribution in [0.3, 0.4) is 0 Å². The van der Waals surface area contributed by atoms with Crippen LogP contribution in [0.25, 0.3) is 0 Å². The van der Waals surface area contributed by atoms with Crippen molar-refractivity contribution in [2.24, 2.45) is 0 Å². The second-order valence-corrected chi connectivity index (χ2v) is 15.8. The second-order valence-electron chi connectivity index (χ2n) is 13.8. The molecule has 2 unspecified atom stereocenters. The normalized spacial score (nSPS) is 13.3. The Bertz CT molecular complexity index is 1510. The molecule has 0 aliphatic rings. The van der Waals surface area contributed by atoms with Gasteiger partial charge in [0.05, 0.1) is 0 Å². The third-order valence-corrected chi connectivity index (χ3v) is 11.1. The number of rotatable bonds is 18. The van der Waals surface area contributed by atoms with E-state index in [2.05, 4.69) is 100 Å². The van der Waals surface area contributed by atoms with Gasteiger partial charge in [0.2, 0.25) is 0 Å². The maximum atomic E-state index is 13.1. The monoisotopic (exact) mass is 714 g/mol. The summed E-state index contributed by atoms with van der Waals surface area (Å²) in [5.74, 6) is -0.135. The van der Waals surface area contributed by atoms with Crippen molar-refractivity contribution in [3.63, 3.8) is 0 Å². The van der Waals surface area contributed by atoms with Crippen LogP contribution in [0.4, 0.5) is 0 Å². The molecular weight excluding hydrogens is 661 g/mol. The van der Waals surface area contributed by atoms with E-state index >= 15 is 0 Å². The van der Waals surface area contributed by atoms with Gasteiger partial charge in [-0.2, -0.15) is 0 Å². The van der Waals surface area contributed by atoms with Crippen LogP contribution in [0.1, 0.15) is 101 Å². The lowest BCUT2D eigenvalue weighted by molar-refractivity contribution is -0.131. The smallest absolute Gasteiger partial charge is 0.336 e. The van der Waals surface area contributed by atoms with Gasteiger partial charge in [0.1, 0.15) is 11.5 Å². The van der Waals surface area contributed by atoms with Crippen molar-refractivity contribution in [3.05, 3.63) is 117 Å². The topological polar surface area (TPSA) is 59.1 Å². The lowest BCUT2D eigenvalue weighted by atomic mass is 9.92. The Kier molecular flexibility index (Phi) is 15.0. The van der Waals surface area contributed by atoms with E-state index in [1.165, 1.54) is 9.75 Å². The Hall–Kier alpha value is -3.56. The summed E-state index contributed by atoms with van der Waals surface area (Å²) in [5, 5.41) is 4.17. The highest BCUT2D eigenvalue weighted by atomic mass is 32.1. The quantitative estimate of drug-likeness (QED) is 0.0581. The highest BCUT2D eigenvalue weighted by molar-refractivity contribution is 7.10. The number of benzene rings is 2. The summed E-state index contributed by atoms with van der Waals surface area (Å²) in [6, 6.07) is 25.5. The molecule has 8 heteroatoms. The van der Waals surface area contributed by atoms with Crippen molar-refractivity contribution in [3.8, 4) is 11.5 Å². The van der Waals surface area contributed by atoms with Crippen LogP contribution in [0.5, 0.6) is 11.5 Å². The number of ether oxygens (including phenoxy) is 2. The molecule has 0 aliphatic carbocycles. The molecule has 2 aromatic heterocycles. The van der Waals surface area contributed by atoms with Crippen LogP contribution in [0.15, 0.2) is 95.7 Å². The van der Waals surface area contributed by atoms with Gasteiger partial charge in [-0.1, -0.05) is 48.5 Å². The van der Waals surface area contributed by atoms with Gasteiger partial charge in [0.25, 0.3) is 0 Å². The van der Waals surface area contributed by atoms with E-state index in [0.29, 0.717) is 35.7 Å². The zero-order valence-corrected chi connectivity index (χ0v) is 32.5. The first-order valence-electron chi connectivity index (χ1n) is 17.8. The molecule has 0 aliphatic heterocycles. The maximum absolute atomic E-state index is 13.1. The molecular formula is C42H54N2O4S2. The predicted octanol–water partition coefficient (Wildman–Crippen LogP) is 10.2. The van der Waals surface area contributed by atoms with Crippen molar-refractivity contribution in [1.29, 1.82) is 0 Å². The van der Waals surface area contributed by atoms with Crippen molar-refractivity contribution in [2.75, 3.05) is 13.1 Å². The summed E-state index contributed by atoms with van der Waals surface area (Å²) in [5.41, 5.74) is 1.91. The van der Waals surface area contributed by atoms with Gasteiger partial charge >= 0.3 is 11.9 Å². The Morgan fingerprint density at radius 1 is 0.560 bits per heavy atom. The Morgan fingerprint density at radius 2 is 0.920 bits per heavy atom. The number of carbonyl (C=O) groups excluding carboxylic acids is 2. The van der Waals surface area contributed by atoms with Gasteiger partial charge in [-0.05, 0) is 116 Å². The molecule has 0 N–H and O–H groups in total. The zero-order valence-electron chi connectivity index (χ0n) is 30.9. The summed E-state index contributed by atoms with van der Waals surface area (Å²) in [6.45, 7) is 19.6. The molecule has 4 rings (SSSR count). The van der Waals surface area contributed by atoms with E-state index in [0.717, 1.165) is 49.2 Å². The minimum Gasteiger partial charge on any atom is -0.423 e. The van der Waals surface area contributed by atoms with Crippen LogP contribution >= 0.6 is 22.7 Å². The molecule has 0 bridgehead atoms. The first-order chi connectivity index (χ1) is 24.0. The third-order valence-electron chi connectivity index (χ3n) is 9.14. The van der Waals surface area contributed by atoms with Crippen LogP contribution in [0.2, 0.25) is 0 Å². The summed E-state index contributed by atoms with van der Waals surface area (Å²) in [4.78, 5) is 33.7. The van der Waals surface area contributed by atoms with E-state index in [9.17, 15) is 9.59 Å². The molecule has 2 aromatic carbocycles. The molecule has 0 spiro atoms. The van der Waals surface area contributed by atoms with Crippen molar-refractivity contribution >= 4 is 34.6 Å². The zero-order chi connectivity index (χ0) is 36.2. The number of nitrogens with zero attached hydrogens (tertiary/aromatic N) is 2. The van der Waals surface area contributed by atoms with Crippen LogP contribution in [-0.4, -0.2) is 59.0 Å². The fourth-order valence-electron chi connectivity index (χ4n) is 6.81. The molecule has 2 atom stereocenters. The van der Waals surface area contributed by atoms with Crippen molar-refractivity contribution < 1.29 is 19.1 Å². The number of hydrogen-bond acceptors (Lipinski definition) is 8. The second kappa shape index (κ2) is 19.2. The number of hydrogen-bond donors (Lipinski definition) is 0. The van der Waals surface area contributed by atoms with E-state index in [4.69, 9.17) is 9.47 Å². The average molecular weight is 715 g/mol. The third kappa shape index (κ3) is 11.0. The molecule has 268 valence electrons. The number of para-hydroxylation sites is 2. The van der Waals surface area contributed by atoms with Gasteiger partial charge < -0.3 is 9.47 Å². The molecule has 0 saturated heterocycles. The first-order valence-corrected chi connectivity index (χ1v) is 19.6. The highest BCUT2D eigenvalue weighted by Gasteiger charge is 2.25. The minimum atomic E-state index is -0.627. The van der Waals surface area contributed by atoms with Crippen molar-refractivity contribution in [1.82, 2.24) is 9.80 Å². The summed E-state index contributed by atoms with van der Waals surface area (Å²) in [6.07, 6.45) is 4.07. The van der Waals surface area contributed by atoms with E-state index in [-0.39, 0.29) is 11.8 Å². The molecule has 0 radical (unpaired) electrons. The maximum Gasteiger partial charge on any atom is 0.336 e. The SMILES string of the molecule is CC(C)N(CCC(c1cccs1)c1ccccc1OC(=O)/C=C/C(=O)Oc1ccccc1C(CCN(C(C)C)C(C)C)c1cccs1)C(C)C. The predicted molar refractivity (Wildman–Crippen MR) is 209 cm³/mol. The number of carbonyl (C=O) groups is 2. The Balaban J connectivity index is 1.48. The molecule has 6 nitrogen and oxygen atoms in total. The van der Waals surface area contributed by atoms with Crippen LogP contribution in [0, 0.1) is 0 Å². The van der Waals surface area contributed by atoms with Crippen LogP contribution < -0.4 is 9.47 Å². The van der Waals surface area contributed by atoms with Gasteiger partial charge in [-0.25, -0.2) is 9.59 Å².